The van der Waals surface area contributed by atoms with Crippen molar-refractivity contribution in [2.45, 2.75) is 25.6 Å². The Labute approximate surface area is 83.4 Å². The van der Waals surface area contributed by atoms with Gasteiger partial charge in [0.25, 0.3) is 0 Å². The molecule has 0 aromatic carbocycles. The summed E-state index contributed by atoms with van der Waals surface area (Å²) in [6.07, 6.45) is -0.851. The van der Waals surface area contributed by atoms with Gasteiger partial charge in [0, 0.05) is 13.7 Å². The SMILES string of the molecule is COC(C)(C)CNC(=O)N1CC(F)C1. The maximum absolute atomic E-state index is 12.4. The lowest BCUT2D eigenvalue weighted by molar-refractivity contribution is 0.0218. The van der Waals surface area contributed by atoms with Crippen LogP contribution in [0, 0.1) is 0 Å². The van der Waals surface area contributed by atoms with Crippen molar-refractivity contribution < 1.29 is 13.9 Å². The van der Waals surface area contributed by atoms with Gasteiger partial charge in [0.05, 0.1) is 18.7 Å². The number of ether oxygens (including phenoxy) is 1. The van der Waals surface area contributed by atoms with Crippen molar-refractivity contribution in [1.29, 1.82) is 0 Å². The first kappa shape index (κ1) is 11.2. The van der Waals surface area contributed by atoms with E-state index in [1.54, 1.807) is 7.11 Å². The second kappa shape index (κ2) is 4.13. The summed E-state index contributed by atoms with van der Waals surface area (Å²) < 4.78 is 17.6. The van der Waals surface area contributed by atoms with Crippen LogP contribution in [-0.4, -0.2) is 49.4 Å². The molecule has 5 heteroatoms. The van der Waals surface area contributed by atoms with Crippen molar-refractivity contribution in [2.75, 3.05) is 26.7 Å². The number of alkyl halides is 1. The van der Waals surface area contributed by atoms with Gasteiger partial charge in [0.1, 0.15) is 6.17 Å². The van der Waals surface area contributed by atoms with E-state index in [1.807, 2.05) is 13.8 Å². The fourth-order valence-electron chi connectivity index (χ4n) is 1.06. The fraction of sp³-hybridized carbons (Fsp3) is 0.889. The Balaban J connectivity index is 2.22. The number of hydrogen-bond donors (Lipinski definition) is 1. The van der Waals surface area contributed by atoms with Crippen LogP contribution >= 0.6 is 0 Å². The molecule has 1 rings (SSSR count). The summed E-state index contributed by atoms with van der Waals surface area (Å²) in [5.74, 6) is 0. The first-order valence-corrected chi connectivity index (χ1v) is 4.66. The van der Waals surface area contributed by atoms with Crippen LogP contribution in [0.15, 0.2) is 0 Å². The fourth-order valence-corrected chi connectivity index (χ4v) is 1.06. The molecule has 0 aromatic rings. The number of halogens is 1. The second-order valence-corrected chi connectivity index (χ2v) is 4.12. The number of likely N-dealkylation sites (tertiary alicyclic amines) is 1. The Hall–Kier alpha value is -0.840. The predicted octanol–water partition coefficient (Wildman–Crippen LogP) is 0.775. The lowest BCUT2D eigenvalue weighted by atomic mass is 10.1. The maximum atomic E-state index is 12.4. The molecule has 0 bridgehead atoms. The maximum Gasteiger partial charge on any atom is 0.317 e. The molecule has 82 valence electrons. The zero-order valence-electron chi connectivity index (χ0n) is 8.84. The number of urea groups is 1. The van der Waals surface area contributed by atoms with Crippen LogP contribution in [-0.2, 0) is 4.74 Å². The number of amides is 2. The minimum atomic E-state index is -0.851. The van der Waals surface area contributed by atoms with Gasteiger partial charge >= 0.3 is 6.03 Å². The van der Waals surface area contributed by atoms with Crippen molar-refractivity contribution in [3.63, 3.8) is 0 Å². The molecule has 1 N–H and O–H groups in total. The molecule has 1 aliphatic rings. The molecular formula is C9H17FN2O2. The predicted molar refractivity (Wildman–Crippen MR) is 51.0 cm³/mol. The minimum Gasteiger partial charge on any atom is -0.377 e. The van der Waals surface area contributed by atoms with E-state index in [4.69, 9.17) is 4.74 Å². The van der Waals surface area contributed by atoms with Gasteiger partial charge in [0.15, 0.2) is 0 Å². The van der Waals surface area contributed by atoms with Gasteiger partial charge in [-0.2, -0.15) is 0 Å². The Morgan fingerprint density at radius 1 is 1.64 bits per heavy atom. The number of methoxy groups -OCH3 is 1. The molecule has 0 saturated carbocycles. The average Bonchev–Trinajstić information content (AvgIpc) is 2.09. The van der Waals surface area contributed by atoms with E-state index in [-0.39, 0.29) is 24.7 Å². The van der Waals surface area contributed by atoms with Crippen molar-refractivity contribution in [3.05, 3.63) is 0 Å². The molecule has 4 nitrogen and oxygen atoms in total. The van der Waals surface area contributed by atoms with Crippen molar-refractivity contribution in [1.82, 2.24) is 10.2 Å². The van der Waals surface area contributed by atoms with Crippen molar-refractivity contribution in [2.24, 2.45) is 0 Å². The van der Waals surface area contributed by atoms with Gasteiger partial charge in [-0.1, -0.05) is 0 Å². The first-order valence-electron chi connectivity index (χ1n) is 4.66. The lowest BCUT2D eigenvalue weighted by Crippen LogP contribution is -2.56. The minimum absolute atomic E-state index is 0.208. The number of nitrogens with zero attached hydrogens (tertiary/aromatic N) is 1. The molecule has 0 atom stereocenters. The number of hydrogen-bond acceptors (Lipinski definition) is 2. The highest BCUT2D eigenvalue weighted by molar-refractivity contribution is 5.75. The van der Waals surface area contributed by atoms with Gasteiger partial charge in [-0.3, -0.25) is 0 Å². The summed E-state index contributed by atoms with van der Waals surface area (Å²) in [4.78, 5) is 12.8. The van der Waals surface area contributed by atoms with Crippen LogP contribution < -0.4 is 5.32 Å². The van der Waals surface area contributed by atoms with Crippen LogP contribution in [0.2, 0.25) is 0 Å². The summed E-state index contributed by atoms with van der Waals surface area (Å²) >= 11 is 0. The highest BCUT2D eigenvalue weighted by atomic mass is 19.1. The monoisotopic (exact) mass is 204 g/mol. The average molecular weight is 204 g/mol. The summed E-state index contributed by atoms with van der Waals surface area (Å²) in [5, 5.41) is 2.69. The molecule has 14 heavy (non-hydrogen) atoms. The van der Waals surface area contributed by atoms with Crippen LogP contribution in [0.4, 0.5) is 9.18 Å². The van der Waals surface area contributed by atoms with Crippen molar-refractivity contribution in [3.8, 4) is 0 Å². The highest BCUT2D eigenvalue weighted by Crippen LogP contribution is 2.11. The van der Waals surface area contributed by atoms with E-state index in [1.165, 1.54) is 4.90 Å². The van der Waals surface area contributed by atoms with Gasteiger partial charge < -0.3 is 15.0 Å². The van der Waals surface area contributed by atoms with Gasteiger partial charge in [0.2, 0.25) is 0 Å². The van der Waals surface area contributed by atoms with Gasteiger partial charge in [-0.05, 0) is 13.8 Å². The molecule has 0 radical (unpaired) electrons. The topological polar surface area (TPSA) is 41.6 Å². The lowest BCUT2D eigenvalue weighted by Gasteiger charge is -2.35. The highest BCUT2D eigenvalue weighted by Gasteiger charge is 2.31. The van der Waals surface area contributed by atoms with E-state index < -0.39 is 6.17 Å². The van der Waals surface area contributed by atoms with E-state index in [9.17, 15) is 9.18 Å². The van der Waals surface area contributed by atoms with E-state index in [0.717, 1.165) is 0 Å². The van der Waals surface area contributed by atoms with E-state index in [2.05, 4.69) is 5.32 Å². The molecule has 1 fully saturated rings. The molecule has 0 spiro atoms. The molecular weight excluding hydrogens is 187 g/mol. The largest absolute Gasteiger partial charge is 0.377 e. The van der Waals surface area contributed by atoms with Gasteiger partial charge in [-0.15, -0.1) is 0 Å². The molecule has 0 aromatic heterocycles. The normalized spacial score (nSPS) is 17.9. The second-order valence-electron chi connectivity index (χ2n) is 4.12. The third kappa shape index (κ3) is 2.83. The number of rotatable bonds is 3. The molecule has 1 saturated heterocycles. The Bertz CT molecular complexity index is 215. The van der Waals surface area contributed by atoms with Crippen molar-refractivity contribution >= 4 is 6.03 Å². The molecule has 0 aliphatic carbocycles. The Kier molecular flexibility index (Phi) is 3.31. The number of carbonyl (C=O) groups excluding carboxylic acids is 1. The number of nitrogens with one attached hydrogen (secondary N) is 1. The third-order valence-corrected chi connectivity index (χ3v) is 2.34. The van der Waals surface area contributed by atoms with Crippen LogP contribution in [0.1, 0.15) is 13.8 Å². The summed E-state index contributed by atoms with van der Waals surface area (Å²) in [7, 11) is 1.59. The summed E-state index contributed by atoms with van der Waals surface area (Å²) in [6, 6.07) is -0.218. The standard InChI is InChI=1S/C9H17FN2O2/c1-9(2,14-3)6-11-8(13)12-4-7(10)5-12/h7H,4-6H2,1-3H3,(H,11,13). The molecule has 0 unspecified atom stereocenters. The van der Waals surface area contributed by atoms with Crippen LogP contribution in [0.25, 0.3) is 0 Å². The molecule has 1 aliphatic heterocycles. The van der Waals surface area contributed by atoms with E-state index >= 15 is 0 Å². The first-order chi connectivity index (χ1) is 6.44. The zero-order chi connectivity index (χ0) is 10.8. The van der Waals surface area contributed by atoms with Crippen LogP contribution in [0.5, 0.6) is 0 Å². The summed E-state index contributed by atoms with van der Waals surface area (Å²) in [5.41, 5.74) is -0.379. The zero-order valence-corrected chi connectivity index (χ0v) is 8.84. The molecule has 2 amide bonds. The quantitative estimate of drug-likeness (QED) is 0.738. The van der Waals surface area contributed by atoms with E-state index in [0.29, 0.717) is 6.54 Å². The number of carbonyl (C=O) groups is 1. The Morgan fingerprint density at radius 2 is 2.21 bits per heavy atom. The smallest absolute Gasteiger partial charge is 0.317 e. The summed E-state index contributed by atoms with van der Waals surface area (Å²) in [6.45, 7) is 4.59. The van der Waals surface area contributed by atoms with Gasteiger partial charge in [-0.25, -0.2) is 9.18 Å². The van der Waals surface area contributed by atoms with Crippen LogP contribution in [0.3, 0.4) is 0 Å². The molecule has 1 heterocycles. The third-order valence-electron chi connectivity index (χ3n) is 2.34. The Morgan fingerprint density at radius 3 is 2.64 bits per heavy atom.